The number of anilines is 2. The second kappa shape index (κ2) is 9.43. The monoisotopic (exact) mass is 484 g/mol. The number of hydrogen-bond acceptors (Lipinski definition) is 7. The van der Waals surface area contributed by atoms with Crippen molar-refractivity contribution in [3.05, 3.63) is 82.7 Å². The van der Waals surface area contributed by atoms with Gasteiger partial charge in [0.15, 0.2) is 0 Å². The summed E-state index contributed by atoms with van der Waals surface area (Å²) in [6.07, 6.45) is -0.0444. The standard InChI is InChI=1S/C22H20N4O5S2/c1-25(17-8-3-2-4-9-17)33(29,30)18-10-5-7-16(15-18)23-20(27)12-13-26-22(28)31-21(24-26)19-11-6-14-32-19/h2-11,14-15H,12-13H2,1H3,(H,23,27). The van der Waals surface area contributed by atoms with Crippen molar-refractivity contribution in [3.8, 4) is 10.8 Å². The molecule has 0 radical (unpaired) electrons. The second-order valence-electron chi connectivity index (χ2n) is 7.01. The fourth-order valence-electron chi connectivity index (χ4n) is 3.05. The van der Waals surface area contributed by atoms with Gasteiger partial charge >= 0.3 is 5.76 Å². The van der Waals surface area contributed by atoms with Crippen molar-refractivity contribution in [2.45, 2.75) is 17.9 Å². The van der Waals surface area contributed by atoms with Crippen LogP contribution >= 0.6 is 11.3 Å². The van der Waals surface area contributed by atoms with Crippen molar-refractivity contribution in [2.75, 3.05) is 16.7 Å². The van der Waals surface area contributed by atoms with E-state index in [0.717, 1.165) is 4.68 Å². The first-order valence-electron chi connectivity index (χ1n) is 9.90. The molecule has 33 heavy (non-hydrogen) atoms. The normalized spacial score (nSPS) is 11.3. The smallest absolute Gasteiger partial charge is 0.387 e. The summed E-state index contributed by atoms with van der Waals surface area (Å²) in [5.41, 5.74) is 0.848. The van der Waals surface area contributed by atoms with Crippen molar-refractivity contribution < 1.29 is 17.6 Å². The minimum Gasteiger partial charge on any atom is -0.387 e. The Morgan fingerprint density at radius 2 is 1.91 bits per heavy atom. The number of hydrogen-bond donors (Lipinski definition) is 1. The Bertz CT molecular complexity index is 1410. The van der Waals surface area contributed by atoms with Crippen molar-refractivity contribution >= 4 is 38.6 Å². The first kappa shape index (κ1) is 22.5. The van der Waals surface area contributed by atoms with Crippen LogP contribution in [-0.2, 0) is 21.4 Å². The average Bonchev–Trinajstić information content (AvgIpc) is 3.48. The van der Waals surface area contributed by atoms with Gasteiger partial charge in [0.25, 0.3) is 15.9 Å². The molecule has 2 aromatic carbocycles. The molecule has 4 rings (SSSR count). The van der Waals surface area contributed by atoms with Crippen LogP contribution in [0.1, 0.15) is 6.42 Å². The van der Waals surface area contributed by atoms with Crippen LogP contribution in [0.3, 0.4) is 0 Å². The zero-order valence-corrected chi connectivity index (χ0v) is 19.2. The van der Waals surface area contributed by atoms with Gasteiger partial charge in [-0.25, -0.2) is 13.2 Å². The van der Waals surface area contributed by atoms with E-state index in [1.54, 1.807) is 48.5 Å². The summed E-state index contributed by atoms with van der Waals surface area (Å²) in [6.45, 7) is 0.0221. The van der Waals surface area contributed by atoms with Gasteiger partial charge in [-0.1, -0.05) is 30.3 Å². The minimum atomic E-state index is -3.81. The molecular weight excluding hydrogens is 464 g/mol. The topological polar surface area (TPSA) is 115 Å². The molecule has 2 aromatic heterocycles. The van der Waals surface area contributed by atoms with Gasteiger partial charge in [-0.05, 0) is 41.8 Å². The Hall–Kier alpha value is -3.70. The Morgan fingerprint density at radius 3 is 2.64 bits per heavy atom. The summed E-state index contributed by atoms with van der Waals surface area (Å²) < 4.78 is 33.3. The van der Waals surface area contributed by atoms with Crippen molar-refractivity contribution in [1.29, 1.82) is 0 Å². The van der Waals surface area contributed by atoms with Crippen molar-refractivity contribution in [2.24, 2.45) is 0 Å². The number of carbonyl (C=O) groups is 1. The van der Waals surface area contributed by atoms with E-state index < -0.39 is 21.7 Å². The lowest BCUT2D eigenvalue weighted by Crippen LogP contribution is -2.26. The van der Waals surface area contributed by atoms with Gasteiger partial charge in [0.1, 0.15) is 0 Å². The lowest BCUT2D eigenvalue weighted by molar-refractivity contribution is -0.116. The molecule has 0 saturated carbocycles. The Morgan fingerprint density at radius 1 is 1.12 bits per heavy atom. The number of carbonyl (C=O) groups excluding carboxylic acids is 1. The van der Waals surface area contributed by atoms with Crippen LogP contribution in [0.5, 0.6) is 0 Å². The van der Waals surface area contributed by atoms with E-state index in [1.165, 1.54) is 34.8 Å². The van der Waals surface area contributed by atoms with Gasteiger partial charge in [0.2, 0.25) is 5.91 Å². The maximum absolute atomic E-state index is 13.0. The van der Waals surface area contributed by atoms with E-state index in [0.29, 0.717) is 16.3 Å². The Kier molecular flexibility index (Phi) is 6.43. The molecule has 0 aliphatic heterocycles. The highest BCUT2D eigenvalue weighted by Crippen LogP contribution is 2.24. The Labute approximate surface area is 194 Å². The number of aromatic nitrogens is 2. The van der Waals surface area contributed by atoms with Gasteiger partial charge in [-0.15, -0.1) is 16.4 Å². The highest BCUT2D eigenvalue weighted by molar-refractivity contribution is 7.92. The van der Waals surface area contributed by atoms with Gasteiger partial charge in [0, 0.05) is 19.2 Å². The third-order valence-corrected chi connectivity index (χ3v) is 7.42. The largest absolute Gasteiger partial charge is 0.437 e. The molecule has 1 N–H and O–H groups in total. The molecule has 1 amide bonds. The van der Waals surface area contributed by atoms with Gasteiger partial charge in [-0.2, -0.15) is 4.68 Å². The fourth-order valence-corrected chi connectivity index (χ4v) is 4.93. The number of sulfonamides is 1. The molecule has 0 fully saturated rings. The molecule has 0 aliphatic rings. The molecule has 0 unspecified atom stereocenters. The number of nitrogens with zero attached hydrogens (tertiary/aromatic N) is 3. The minimum absolute atomic E-state index is 0.0221. The van der Waals surface area contributed by atoms with Crippen LogP contribution in [0.25, 0.3) is 10.8 Å². The van der Waals surface area contributed by atoms with E-state index in [2.05, 4.69) is 10.4 Å². The zero-order chi connectivity index (χ0) is 23.4. The summed E-state index contributed by atoms with van der Waals surface area (Å²) in [7, 11) is -2.35. The number of rotatable bonds is 8. The van der Waals surface area contributed by atoms with E-state index >= 15 is 0 Å². The molecule has 2 heterocycles. The fraction of sp³-hybridized carbons (Fsp3) is 0.136. The van der Waals surface area contributed by atoms with Crippen LogP contribution in [0.4, 0.5) is 11.4 Å². The molecule has 0 atom stereocenters. The summed E-state index contributed by atoms with van der Waals surface area (Å²) in [5, 5.41) is 8.61. The van der Waals surface area contributed by atoms with E-state index in [9.17, 15) is 18.0 Å². The maximum Gasteiger partial charge on any atom is 0.437 e. The number of nitrogens with one attached hydrogen (secondary N) is 1. The highest BCUT2D eigenvalue weighted by Gasteiger charge is 2.21. The molecule has 170 valence electrons. The van der Waals surface area contributed by atoms with Crippen LogP contribution in [-0.4, -0.2) is 31.2 Å². The summed E-state index contributed by atoms with van der Waals surface area (Å²) in [5.74, 6) is -0.840. The summed E-state index contributed by atoms with van der Waals surface area (Å²) >= 11 is 1.39. The third-order valence-electron chi connectivity index (χ3n) is 4.78. The molecule has 4 aromatic rings. The van der Waals surface area contributed by atoms with Gasteiger partial charge in [0.05, 0.1) is 22.0 Å². The molecular formula is C22H20N4O5S2. The molecule has 0 spiro atoms. The SMILES string of the molecule is CN(c1ccccc1)S(=O)(=O)c1cccc(NC(=O)CCn2nc(-c3cccs3)oc2=O)c1. The number of benzene rings is 2. The Balaban J connectivity index is 1.42. The molecule has 0 saturated heterocycles. The maximum atomic E-state index is 13.0. The van der Waals surface area contributed by atoms with Crippen molar-refractivity contribution in [1.82, 2.24) is 9.78 Å². The average molecular weight is 485 g/mol. The molecule has 11 heteroatoms. The van der Waals surface area contributed by atoms with Gasteiger partial charge < -0.3 is 9.73 Å². The lowest BCUT2D eigenvalue weighted by atomic mass is 10.3. The zero-order valence-electron chi connectivity index (χ0n) is 17.5. The van der Waals surface area contributed by atoms with Crippen LogP contribution in [0.2, 0.25) is 0 Å². The van der Waals surface area contributed by atoms with Crippen LogP contribution < -0.4 is 15.4 Å². The summed E-state index contributed by atoms with van der Waals surface area (Å²) in [4.78, 5) is 25.1. The lowest BCUT2D eigenvalue weighted by Gasteiger charge is -2.19. The van der Waals surface area contributed by atoms with Gasteiger partial charge in [-0.3, -0.25) is 9.10 Å². The second-order valence-corrected chi connectivity index (χ2v) is 9.92. The number of para-hydroxylation sites is 1. The number of amides is 1. The predicted octanol–water partition coefficient (Wildman–Crippen LogP) is 3.42. The highest BCUT2D eigenvalue weighted by atomic mass is 32.2. The predicted molar refractivity (Wildman–Crippen MR) is 126 cm³/mol. The third kappa shape index (κ3) is 5.04. The first-order valence-corrected chi connectivity index (χ1v) is 12.2. The quantitative estimate of drug-likeness (QED) is 0.410. The van der Waals surface area contributed by atoms with Crippen LogP contribution in [0, 0.1) is 0 Å². The van der Waals surface area contributed by atoms with E-state index in [-0.39, 0.29) is 23.8 Å². The van der Waals surface area contributed by atoms with Crippen molar-refractivity contribution in [3.63, 3.8) is 0 Å². The summed E-state index contributed by atoms with van der Waals surface area (Å²) in [6, 6.07) is 18.3. The molecule has 0 aliphatic carbocycles. The first-order chi connectivity index (χ1) is 15.8. The molecule has 0 bridgehead atoms. The van der Waals surface area contributed by atoms with E-state index in [4.69, 9.17) is 4.42 Å². The number of thiophene rings is 1. The number of aryl methyl sites for hydroxylation is 1. The van der Waals surface area contributed by atoms with Crippen LogP contribution in [0.15, 0.2) is 86.2 Å². The van der Waals surface area contributed by atoms with E-state index in [1.807, 2.05) is 11.4 Å². The molecule has 9 nitrogen and oxygen atoms in total.